The number of phenolic OH excluding ortho intramolecular Hbond substituents is 1. The average molecular weight is 408 g/mol. The molecule has 4 heteroatoms. The number of hydrogen-bond donors (Lipinski definition) is 1. The number of aryl methyl sites for hydroxylation is 1. The van der Waals surface area contributed by atoms with Crippen molar-refractivity contribution in [3.05, 3.63) is 71.8 Å². The van der Waals surface area contributed by atoms with E-state index in [1.165, 1.54) is 0 Å². The van der Waals surface area contributed by atoms with Crippen molar-refractivity contribution in [2.24, 2.45) is 0 Å². The van der Waals surface area contributed by atoms with Crippen molar-refractivity contribution < 1.29 is 14.6 Å². The fourth-order valence-corrected chi connectivity index (χ4v) is 6.21. The molecule has 0 fully saturated rings. The Morgan fingerprint density at radius 2 is 1.24 bits per heavy atom. The van der Waals surface area contributed by atoms with Gasteiger partial charge in [0.05, 0.1) is 14.2 Å². The van der Waals surface area contributed by atoms with Gasteiger partial charge in [0.25, 0.3) is 0 Å². The lowest BCUT2D eigenvalue weighted by Gasteiger charge is -2.28. The van der Waals surface area contributed by atoms with Crippen LogP contribution in [0.3, 0.4) is 0 Å². The number of ether oxygens (including phenoxy) is 2. The van der Waals surface area contributed by atoms with Crippen LogP contribution in [-0.2, 0) is 5.41 Å². The Morgan fingerprint density at radius 3 is 1.69 bits per heavy atom. The van der Waals surface area contributed by atoms with Crippen LogP contribution in [0.2, 0.25) is 0 Å². The van der Waals surface area contributed by atoms with E-state index < -0.39 is 7.92 Å². The normalized spacial score (nSPS) is 11.6. The Balaban J connectivity index is 2.38. The monoisotopic (exact) mass is 408 g/mol. The average Bonchev–Trinajstić information content (AvgIpc) is 2.70. The zero-order valence-corrected chi connectivity index (χ0v) is 18.9. The smallest absolute Gasteiger partial charge is 0.127 e. The van der Waals surface area contributed by atoms with Crippen molar-refractivity contribution in [2.45, 2.75) is 33.1 Å². The van der Waals surface area contributed by atoms with Crippen LogP contribution < -0.4 is 25.4 Å². The maximum absolute atomic E-state index is 11.4. The Hall–Kier alpha value is -2.51. The maximum atomic E-state index is 11.4. The van der Waals surface area contributed by atoms with Gasteiger partial charge in [-0.2, -0.15) is 0 Å². The minimum atomic E-state index is -1.10. The van der Waals surface area contributed by atoms with Gasteiger partial charge in [-0.05, 0) is 44.0 Å². The molecule has 0 heterocycles. The standard InChI is InChI=1S/C25H29O3P/c1-17-15-18(25(2,3)4)24(26)23(16-17)29(21-13-9-7-11-19(21)27-5)22-14-10-8-12-20(22)28-6/h7-16,26H,1-6H3. The number of phenols is 1. The van der Waals surface area contributed by atoms with E-state index in [-0.39, 0.29) is 5.41 Å². The van der Waals surface area contributed by atoms with Gasteiger partial charge in [0.2, 0.25) is 0 Å². The van der Waals surface area contributed by atoms with Crippen molar-refractivity contribution in [1.29, 1.82) is 0 Å². The third-order valence-corrected chi connectivity index (χ3v) is 7.46. The van der Waals surface area contributed by atoms with E-state index in [2.05, 4.69) is 52.0 Å². The minimum Gasteiger partial charge on any atom is -0.507 e. The van der Waals surface area contributed by atoms with Crippen LogP contribution in [0.15, 0.2) is 60.7 Å². The molecule has 0 atom stereocenters. The highest BCUT2D eigenvalue weighted by Gasteiger charge is 2.29. The first-order valence-corrected chi connectivity index (χ1v) is 11.0. The van der Waals surface area contributed by atoms with Crippen molar-refractivity contribution in [3.8, 4) is 17.2 Å². The Kier molecular flexibility index (Phi) is 6.19. The molecule has 0 radical (unpaired) electrons. The lowest BCUT2D eigenvalue weighted by molar-refractivity contribution is 0.417. The lowest BCUT2D eigenvalue weighted by Crippen LogP contribution is -2.25. The summed E-state index contributed by atoms with van der Waals surface area (Å²) >= 11 is 0. The van der Waals surface area contributed by atoms with Gasteiger partial charge in [-0.25, -0.2) is 0 Å². The van der Waals surface area contributed by atoms with Crippen LogP contribution in [0.1, 0.15) is 31.9 Å². The van der Waals surface area contributed by atoms with Gasteiger partial charge in [0, 0.05) is 21.5 Å². The second-order valence-corrected chi connectivity index (χ2v) is 10.2. The molecular weight excluding hydrogens is 379 g/mol. The van der Waals surface area contributed by atoms with E-state index >= 15 is 0 Å². The second-order valence-electron chi connectivity index (χ2n) is 8.11. The summed E-state index contributed by atoms with van der Waals surface area (Å²) in [5.41, 5.74) is 1.90. The van der Waals surface area contributed by atoms with Crippen LogP contribution in [0.25, 0.3) is 0 Å². The van der Waals surface area contributed by atoms with Crippen LogP contribution in [0, 0.1) is 6.92 Å². The third-order valence-electron chi connectivity index (χ3n) is 4.94. The summed E-state index contributed by atoms with van der Waals surface area (Å²) in [7, 11) is 2.27. The van der Waals surface area contributed by atoms with E-state index in [1.807, 2.05) is 36.4 Å². The van der Waals surface area contributed by atoms with Gasteiger partial charge in [0.1, 0.15) is 17.2 Å². The van der Waals surface area contributed by atoms with Gasteiger partial charge >= 0.3 is 0 Å². The summed E-state index contributed by atoms with van der Waals surface area (Å²) in [6, 6.07) is 20.2. The topological polar surface area (TPSA) is 38.7 Å². The van der Waals surface area contributed by atoms with Crippen molar-refractivity contribution >= 4 is 23.8 Å². The summed E-state index contributed by atoms with van der Waals surface area (Å²) in [5.74, 6) is 1.97. The molecule has 0 spiro atoms. The quantitative estimate of drug-likeness (QED) is 0.618. The number of benzene rings is 3. The summed E-state index contributed by atoms with van der Waals surface area (Å²) in [6.07, 6.45) is 0. The molecule has 0 aromatic heterocycles. The molecule has 0 bridgehead atoms. The molecule has 0 amide bonds. The molecule has 3 rings (SSSR count). The van der Waals surface area contributed by atoms with Gasteiger partial charge in [-0.3, -0.25) is 0 Å². The second kappa shape index (κ2) is 8.47. The molecule has 3 nitrogen and oxygen atoms in total. The summed E-state index contributed by atoms with van der Waals surface area (Å²) in [4.78, 5) is 0. The predicted molar refractivity (Wildman–Crippen MR) is 123 cm³/mol. The van der Waals surface area contributed by atoms with Gasteiger partial charge in [-0.15, -0.1) is 0 Å². The molecule has 29 heavy (non-hydrogen) atoms. The van der Waals surface area contributed by atoms with Gasteiger partial charge in [0.15, 0.2) is 0 Å². The van der Waals surface area contributed by atoms with E-state index in [0.29, 0.717) is 5.75 Å². The fraction of sp³-hybridized carbons (Fsp3) is 0.280. The van der Waals surface area contributed by atoms with Crippen LogP contribution >= 0.6 is 7.92 Å². The highest BCUT2D eigenvalue weighted by atomic mass is 31.1. The van der Waals surface area contributed by atoms with Crippen LogP contribution in [0.4, 0.5) is 0 Å². The molecule has 0 aliphatic heterocycles. The molecule has 0 unspecified atom stereocenters. The van der Waals surface area contributed by atoms with Crippen LogP contribution in [0.5, 0.6) is 17.2 Å². The SMILES string of the molecule is COc1ccccc1P(c1ccccc1OC)c1cc(C)cc(C(C)(C)C)c1O. The zero-order valence-electron chi connectivity index (χ0n) is 18.0. The Morgan fingerprint density at radius 1 is 0.759 bits per heavy atom. The first-order chi connectivity index (χ1) is 13.8. The number of para-hydroxylation sites is 2. The van der Waals surface area contributed by atoms with Gasteiger partial charge in [-0.1, -0.05) is 63.2 Å². The third kappa shape index (κ3) is 4.26. The Bertz CT molecular complexity index is 958. The predicted octanol–water partition coefficient (Wildman–Crippen LogP) is 4.77. The summed E-state index contributed by atoms with van der Waals surface area (Å²) in [5, 5.41) is 14.4. The minimum absolute atomic E-state index is 0.173. The summed E-state index contributed by atoms with van der Waals surface area (Å²) in [6.45, 7) is 8.45. The first-order valence-electron chi connectivity index (χ1n) is 9.68. The molecule has 3 aromatic rings. The molecule has 0 saturated carbocycles. The van der Waals surface area contributed by atoms with Crippen LogP contribution in [-0.4, -0.2) is 19.3 Å². The van der Waals surface area contributed by atoms with Crippen molar-refractivity contribution in [2.75, 3.05) is 14.2 Å². The molecule has 152 valence electrons. The molecule has 1 N–H and O–H groups in total. The molecule has 0 aliphatic carbocycles. The molecule has 3 aromatic carbocycles. The molecule has 0 aliphatic rings. The van der Waals surface area contributed by atoms with E-state index in [1.54, 1.807) is 14.2 Å². The number of methoxy groups -OCH3 is 2. The molecular formula is C25H29O3P. The van der Waals surface area contributed by atoms with Gasteiger partial charge < -0.3 is 14.6 Å². The Labute approximate surface area is 175 Å². The zero-order chi connectivity index (χ0) is 21.2. The largest absolute Gasteiger partial charge is 0.507 e. The number of aromatic hydroxyl groups is 1. The van der Waals surface area contributed by atoms with Crippen molar-refractivity contribution in [1.82, 2.24) is 0 Å². The fourth-order valence-electron chi connectivity index (χ4n) is 3.52. The maximum Gasteiger partial charge on any atom is 0.127 e. The lowest BCUT2D eigenvalue weighted by atomic mass is 9.85. The highest BCUT2D eigenvalue weighted by Crippen LogP contribution is 2.44. The first kappa shape index (κ1) is 21.2. The van der Waals surface area contributed by atoms with E-state index in [9.17, 15) is 5.11 Å². The number of hydrogen-bond acceptors (Lipinski definition) is 3. The summed E-state index contributed by atoms with van der Waals surface area (Å²) < 4.78 is 11.4. The van der Waals surface area contributed by atoms with Crippen molar-refractivity contribution in [3.63, 3.8) is 0 Å². The molecule has 0 saturated heterocycles. The van der Waals surface area contributed by atoms with E-state index in [0.717, 1.165) is 38.5 Å². The van der Waals surface area contributed by atoms with E-state index in [4.69, 9.17) is 9.47 Å². The number of rotatable bonds is 5. The highest BCUT2D eigenvalue weighted by molar-refractivity contribution is 7.80.